The topological polar surface area (TPSA) is 51.7 Å². The van der Waals surface area contributed by atoms with Crippen molar-refractivity contribution in [1.29, 1.82) is 0 Å². The van der Waals surface area contributed by atoms with E-state index in [-0.39, 0.29) is 24.8 Å². The number of carbonyl (C=O) groups excluding carboxylic acids is 1. The molecular weight excluding hydrogens is 373 g/mol. The van der Waals surface area contributed by atoms with Crippen molar-refractivity contribution in [3.05, 3.63) is 24.4 Å². The molecule has 146 valence electrons. The first kappa shape index (κ1) is 21.2. The zero-order valence-corrected chi connectivity index (χ0v) is 16.7. The molecule has 0 unspecified atom stereocenters. The molecule has 4 rings (SSSR count). The van der Waals surface area contributed by atoms with E-state index in [0.717, 1.165) is 64.7 Å². The minimum absolute atomic E-state index is 0. The van der Waals surface area contributed by atoms with Gasteiger partial charge in [0.1, 0.15) is 5.82 Å². The summed E-state index contributed by atoms with van der Waals surface area (Å²) in [6.07, 6.45) is 2.51. The first-order valence-electron chi connectivity index (χ1n) is 9.16. The van der Waals surface area contributed by atoms with Crippen LogP contribution in [0.1, 0.15) is 6.42 Å². The lowest BCUT2D eigenvalue weighted by molar-refractivity contribution is -0.130. The van der Waals surface area contributed by atoms with Gasteiger partial charge in [-0.15, -0.1) is 24.8 Å². The number of hydrogen-bond donors (Lipinski definition) is 1. The first-order chi connectivity index (χ1) is 11.8. The van der Waals surface area contributed by atoms with Crippen molar-refractivity contribution in [3.8, 4) is 0 Å². The monoisotopic (exact) mass is 401 g/mol. The van der Waals surface area contributed by atoms with E-state index < -0.39 is 0 Å². The van der Waals surface area contributed by atoms with Gasteiger partial charge in [-0.3, -0.25) is 9.69 Å². The molecule has 26 heavy (non-hydrogen) atoms. The third-order valence-corrected chi connectivity index (χ3v) is 5.73. The van der Waals surface area contributed by atoms with Crippen LogP contribution in [-0.4, -0.2) is 79.6 Å². The van der Waals surface area contributed by atoms with Crippen molar-refractivity contribution in [2.45, 2.75) is 6.42 Å². The summed E-state index contributed by atoms with van der Waals surface area (Å²) in [7, 11) is 0. The normalized spacial score (nSPS) is 25.4. The fourth-order valence-electron chi connectivity index (χ4n) is 4.21. The van der Waals surface area contributed by atoms with Gasteiger partial charge >= 0.3 is 0 Å². The number of amides is 1. The maximum Gasteiger partial charge on any atom is 0.223 e. The Balaban J connectivity index is 0.00000121. The Bertz CT molecular complexity index is 556. The van der Waals surface area contributed by atoms with Crippen molar-refractivity contribution in [2.75, 3.05) is 63.8 Å². The number of hydrogen-bond acceptors (Lipinski definition) is 5. The van der Waals surface area contributed by atoms with E-state index >= 15 is 0 Å². The van der Waals surface area contributed by atoms with Gasteiger partial charge in [0.25, 0.3) is 0 Å². The zero-order chi connectivity index (χ0) is 16.4. The molecule has 8 heteroatoms. The Kier molecular flexibility index (Phi) is 7.95. The smallest absolute Gasteiger partial charge is 0.223 e. The number of aromatic nitrogens is 1. The molecule has 0 bridgehead atoms. The number of rotatable bonds is 4. The molecule has 0 radical (unpaired) electrons. The molecule has 6 nitrogen and oxygen atoms in total. The van der Waals surface area contributed by atoms with E-state index in [4.69, 9.17) is 0 Å². The van der Waals surface area contributed by atoms with Crippen molar-refractivity contribution in [2.24, 2.45) is 11.8 Å². The lowest BCUT2D eigenvalue weighted by Gasteiger charge is -2.35. The number of halogens is 2. The van der Waals surface area contributed by atoms with E-state index in [1.165, 1.54) is 0 Å². The maximum absolute atomic E-state index is 12.5. The van der Waals surface area contributed by atoms with Crippen molar-refractivity contribution in [1.82, 2.24) is 20.1 Å². The van der Waals surface area contributed by atoms with Crippen molar-refractivity contribution in [3.63, 3.8) is 0 Å². The van der Waals surface area contributed by atoms with Crippen LogP contribution in [0.25, 0.3) is 0 Å². The minimum atomic E-state index is 0. The molecule has 1 N–H and O–H groups in total. The molecule has 0 saturated carbocycles. The first-order valence-corrected chi connectivity index (χ1v) is 9.16. The van der Waals surface area contributed by atoms with Gasteiger partial charge in [-0.25, -0.2) is 4.98 Å². The molecule has 3 saturated heterocycles. The summed E-state index contributed by atoms with van der Waals surface area (Å²) in [5.41, 5.74) is 0. The Hall–Kier alpha value is -1.08. The van der Waals surface area contributed by atoms with Crippen LogP contribution in [0.3, 0.4) is 0 Å². The second-order valence-electron chi connectivity index (χ2n) is 7.24. The second kappa shape index (κ2) is 9.74. The fourth-order valence-corrected chi connectivity index (χ4v) is 4.21. The van der Waals surface area contributed by atoms with E-state index in [2.05, 4.69) is 31.1 Å². The number of carbonyl (C=O) groups is 1. The van der Waals surface area contributed by atoms with E-state index in [0.29, 0.717) is 24.2 Å². The highest BCUT2D eigenvalue weighted by Gasteiger charge is 2.37. The molecule has 2 atom stereocenters. The third kappa shape index (κ3) is 4.80. The SMILES string of the molecule is Cl.Cl.O=C(CCN1CCN(c2ccccn2)CC1)N1C[C@H]2CNC[C@H]2C1. The predicted octanol–water partition coefficient (Wildman–Crippen LogP) is 1.12. The zero-order valence-electron chi connectivity index (χ0n) is 15.0. The van der Waals surface area contributed by atoms with Gasteiger partial charge in [-0.2, -0.15) is 0 Å². The summed E-state index contributed by atoms with van der Waals surface area (Å²) in [5, 5.41) is 3.43. The second-order valence-corrected chi connectivity index (χ2v) is 7.24. The fraction of sp³-hybridized carbons (Fsp3) is 0.667. The molecule has 1 amide bonds. The van der Waals surface area contributed by atoms with Crippen molar-refractivity contribution >= 4 is 36.5 Å². The van der Waals surface area contributed by atoms with E-state index in [1.807, 2.05) is 18.3 Å². The lowest BCUT2D eigenvalue weighted by Crippen LogP contribution is -2.47. The molecule has 4 heterocycles. The molecule has 3 aliphatic rings. The van der Waals surface area contributed by atoms with Crippen LogP contribution in [0.15, 0.2) is 24.4 Å². The van der Waals surface area contributed by atoms with Crippen LogP contribution in [0, 0.1) is 11.8 Å². The number of nitrogens with one attached hydrogen (secondary N) is 1. The van der Waals surface area contributed by atoms with Crippen LogP contribution in [0.4, 0.5) is 5.82 Å². The number of nitrogens with zero attached hydrogens (tertiary/aromatic N) is 4. The minimum Gasteiger partial charge on any atom is -0.354 e. The van der Waals surface area contributed by atoms with Gasteiger partial charge in [0.15, 0.2) is 0 Å². The Morgan fingerprint density at radius 3 is 2.38 bits per heavy atom. The van der Waals surface area contributed by atoms with Gasteiger partial charge in [0.05, 0.1) is 0 Å². The molecule has 0 aromatic carbocycles. The number of fused-ring (bicyclic) bond motifs is 1. The maximum atomic E-state index is 12.5. The van der Waals surface area contributed by atoms with Gasteiger partial charge in [0, 0.05) is 71.5 Å². The third-order valence-electron chi connectivity index (χ3n) is 5.73. The Morgan fingerprint density at radius 2 is 1.77 bits per heavy atom. The quantitative estimate of drug-likeness (QED) is 0.818. The summed E-state index contributed by atoms with van der Waals surface area (Å²) in [5.74, 6) is 2.79. The van der Waals surface area contributed by atoms with Crippen LogP contribution in [-0.2, 0) is 4.79 Å². The van der Waals surface area contributed by atoms with Crippen LogP contribution >= 0.6 is 24.8 Å². The number of anilines is 1. The summed E-state index contributed by atoms with van der Waals surface area (Å²) in [6, 6.07) is 6.06. The predicted molar refractivity (Wildman–Crippen MR) is 108 cm³/mol. The average Bonchev–Trinajstić information content (AvgIpc) is 3.23. The number of likely N-dealkylation sites (tertiary alicyclic amines) is 1. The highest BCUT2D eigenvalue weighted by Crippen LogP contribution is 2.26. The molecule has 1 aromatic rings. The van der Waals surface area contributed by atoms with Crippen LogP contribution in [0.5, 0.6) is 0 Å². The van der Waals surface area contributed by atoms with E-state index in [1.54, 1.807) is 0 Å². The highest BCUT2D eigenvalue weighted by molar-refractivity contribution is 5.85. The summed E-state index contributed by atoms with van der Waals surface area (Å²) >= 11 is 0. The Morgan fingerprint density at radius 1 is 1.08 bits per heavy atom. The van der Waals surface area contributed by atoms with Crippen LogP contribution < -0.4 is 10.2 Å². The standard InChI is InChI=1S/C18H27N5O.2ClH/c24-18(23-13-15-11-19-12-16(15)14-23)4-6-21-7-9-22(10-8-21)17-3-1-2-5-20-17;;/h1-3,5,15-16,19H,4,6-14H2;2*1H/t15-,16+;;. The molecular formula is C18H29Cl2N5O. The largest absolute Gasteiger partial charge is 0.354 e. The van der Waals surface area contributed by atoms with Gasteiger partial charge in [-0.05, 0) is 24.0 Å². The highest BCUT2D eigenvalue weighted by atomic mass is 35.5. The number of piperazine rings is 1. The Labute approximate surface area is 168 Å². The molecule has 3 fully saturated rings. The van der Waals surface area contributed by atoms with E-state index in [9.17, 15) is 4.79 Å². The summed E-state index contributed by atoms with van der Waals surface area (Å²) in [6.45, 7) is 8.99. The lowest BCUT2D eigenvalue weighted by atomic mass is 10.0. The van der Waals surface area contributed by atoms with Gasteiger partial charge in [0.2, 0.25) is 5.91 Å². The number of pyridine rings is 1. The summed E-state index contributed by atoms with van der Waals surface area (Å²) in [4.78, 5) is 23.7. The summed E-state index contributed by atoms with van der Waals surface area (Å²) < 4.78 is 0. The molecule has 3 aliphatic heterocycles. The van der Waals surface area contributed by atoms with Gasteiger partial charge in [-0.1, -0.05) is 6.07 Å². The molecule has 0 spiro atoms. The van der Waals surface area contributed by atoms with Gasteiger partial charge < -0.3 is 15.1 Å². The van der Waals surface area contributed by atoms with Crippen molar-refractivity contribution < 1.29 is 4.79 Å². The molecule has 0 aliphatic carbocycles. The molecule has 1 aromatic heterocycles. The van der Waals surface area contributed by atoms with Crippen LogP contribution in [0.2, 0.25) is 0 Å². The average molecular weight is 402 g/mol.